The SMILES string of the molecule is CC(=O)c1ccc(Oc2cc[nH]c(=S)c2C#N)c(C)c1. The molecule has 0 fully saturated rings. The first-order chi connectivity index (χ1) is 9.52. The third-order valence-electron chi connectivity index (χ3n) is 2.84. The van der Waals surface area contributed by atoms with E-state index in [1.54, 1.807) is 30.5 Å². The molecule has 0 radical (unpaired) electrons. The number of hydrogen-bond acceptors (Lipinski definition) is 4. The van der Waals surface area contributed by atoms with Crippen LogP contribution in [0.2, 0.25) is 0 Å². The van der Waals surface area contributed by atoms with E-state index in [2.05, 4.69) is 4.98 Å². The van der Waals surface area contributed by atoms with Crippen molar-refractivity contribution in [1.82, 2.24) is 4.98 Å². The van der Waals surface area contributed by atoms with Gasteiger partial charge in [0.1, 0.15) is 27.8 Å². The molecule has 1 aromatic carbocycles. The summed E-state index contributed by atoms with van der Waals surface area (Å²) in [5.41, 5.74) is 1.73. The van der Waals surface area contributed by atoms with E-state index < -0.39 is 0 Å². The number of aryl methyl sites for hydroxylation is 1. The van der Waals surface area contributed by atoms with Crippen LogP contribution < -0.4 is 4.74 Å². The Morgan fingerprint density at radius 3 is 2.70 bits per heavy atom. The number of carbonyl (C=O) groups is 1. The van der Waals surface area contributed by atoms with E-state index in [1.165, 1.54) is 6.92 Å². The molecule has 5 heteroatoms. The minimum absolute atomic E-state index is 0.000445. The van der Waals surface area contributed by atoms with Gasteiger partial charge in [0.15, 0.2) is 5.78 Å². The number of aromatic amines is 1. The Morgan fingerprint density at radius 2 is 2.10 bits per heavy atom. The van der Waals surface area contributed by atoms with Gasteiger partial charge in [0, 0.05) is 11.8 Å². The van der Waals surface area contributed by atoms with Gasteiger partial charge in [-0.3, -0.25) is 4.79 Å². The molecule has 2 rings (SSSR count). The summed E-state index contributed by atoms with van der Waals surface area (Å²) in [5, 5.41) is 9.10. The first-order valence-corrected chi connectivity index (χ1v) is 6.35. The number of nitriles is 1. The van der Waals surface area contributed by atoms with Gasteiger partial charge in [-0.1, -0.05) is 12.2 Å². The van der Waals surface area contributed by atoms with E-state index in [0.29, 0.717) is 21.7 Å². The van der Waals surface area contributed by atoms with Crippen molar-refractivity contribution in [3.8, 4) is 17.6 Å². The lowest BCUT2D eigenvalue weighted by Gasteiger charge is -2.10. The molecule has 0 bridgehead atoms. The van der Waals surface area contributed by atoms with E-state index in [4.69, 9.17) is 22.2 Å². The number of Topliss-reactive ketones (excluding diaryl/α,β-unsaturated/α-hetero) is 1. The summed E-state index contributed by atoms with van der Waals surface area (Å²) in [7, 11) is 0. The predicted octanol–water partition coefficient (Wildman–Crippen LogP) is 3.92. The van der Waals surface area contributed by atoms with Gasteiger partial charge in [-0.25, -0.2) is 0 Å². The molecule has 0 saturated carbocycles. The number of hydrogen-bond donors (Lipinski definition) is 1. The molecule has 0 aliphatic rings. The van der Waals surface area contributed by atoms with Crippen LogP contribution in [0.15, 0.2) is 30.5 Å². The highest BCUT2D eigenvalue weighted by Crippen LogP contribution is 2.28. The average molecular weight is 284 g/mol. The number of ether oxygens (including phenoxy) is 1. The molecular weight excluding hydrogens is 272 g/mol. The van der Waals surface area contributed by atoms with E-state index in [1.807, 2.05) is 13.0 Å². The molecule has 100 valence electrons. The summed E-state index contributed by atoms with van der Waals surface area (Å²) in [6.07, 6.45) is 1.62. The fourth-order valence-corrected chi connectivity index (χ4v) is 1.97. The van der Waals surface area contributed by atoms with Crippen molar-refractivity contribution in [1.29, 1.82) is 5.26 Å². The molecule has 0 atom stereocenters. The topological polar surface area (TPSA) is 65.9 Å². The fourth-order valence-electron chi connectivity index (χ4n) is 1.75. The van der Waals surface area contributed by atoms with Crippen molar-refractivity contribution in [3.05, 3.63) is 51.8 Å². The minimum atomic E-state index is -0.000445. The second-order valence-corrected chi connectivity index (χ2v) is 4.70. The summed E-state index contributed by atoms with van der Waals surface area (Å²) < 4.78 is 6.06. The van der Waals surface area contributed by atoms with Gasteiger partial charge in [0.2, 0.25) is 0 Å². The molecule has 0 unspecified atom stereocenters. The largest absolute Gasteiger partial charge is 0.456 e. The molecule has 0 aliphatic carbocycles. The summed E-state index contributed by atoms with van der Waals surface area (Å²) in [6.45, 7) is 3.36. The van der Waals surface area contributed by atoms with Crippen LogP contribution in [0.25, 0.3) is 0 Å². The molecule has 2 aromatic rings. The van der Waals surface area contributed by atoms with Crippen LogP contribution in [-0.4, -0.2) is 10.8 Å². The van der Waals surface area contributed by atoms with Crippen LogP contribution in [0, 0.1) is 22.9 Å². The molecule has 1 N–H and O–H groups in total. The zero-order chi connectivity index (χ0) is 14.7. The highest BCUT2D eigenvalue weighted by Gasteiger charge is 2.09. The Balaban J connectivity index is 2.41. The Kier molecular flexibility index (Phi) is 3.97. The van der Waals surface area contributed by atoms with Gasteiger partial charge in [0.25, 0.3) is 0 Å². The molecule has 0 spiro atoms. The normalized spacial score (nSPS) is 9.85. The van der Waals surface area contributed by atoms with Gasteiger partial charge in [-0.15, -0.1) is 0 Å². The number of nitrogens with one attached hydrogen (secondary N) is 1. The number of ketones is 1. The Morgan fingerprint density at radius 1 is 1.35 bits per heavy atom. The Labute approximate surface area is 121 Å². The summed E-state index contributed by atoms with van der Waals surface area (Å²) in [4.78, 5) is 14.1. The van der Waals surface area contributed by atoms with Crippen LogP contribution in [0.4, 0.5) is 0 Å². The fraction of sp³-hybridized carbons (Fsp3) is 0.133. The lowest BCUT2D eigenvalue weighted by molar-refractivity contribution is 0.101. The highest BCUT2D eigenvalue weighted by molar-refractivity contribution is 7.71. The Bertz CT molecular complexity index is 772. The summed E-state index contributed by atoms with van der Waals surface area (Å²) in [6, 6.07) is 8.83. The maximum absolute atomic E-state index is 11.3. The molecule has 4 nitrogen and oxygen atoms in total. The first-order valence-electron chi connectivity index (χ1n) is 5.94. The molecule has 0 amide bonds. The van der Waals surface area contributed by atoms with Crippen molar-refractivity contribution in [2.75, 3.05) is 0 Å². The van der Waals surface area contributed by atoms with E-state index in [-0.39, 0.29) is 11.3 Å². The predicted molar refractivity (Wildman–Crippen MR) is 77.6 cm³/mol. The lowest BCUT2D eigenvalue weighted by Crippen LogP contribution is -1.96. The van der Waals surface area contributed by atoms with Gasteiger partial charge in [0.05, 0.1) is 0 Å². The first kappa shape index (κ1) is 14.0. The second-order valence-electron chi connectivity index (χ2n) is 4.30. The van der Waals surface area contributed by atoms with Crippen molar-refractivity contribution in [2.24, 2.45) is 0 Å². The highest BCUT2D eigenvalue weighted by atomic mass is 32.1. The van der Waals surface area contributed by atoms with Crippen LogP contribution in [0.1, 0.15) is 28.4 Å². The van der Waals surface area contributed by atoms with Crippen LogP contribution in [-0.2, 0) is 0 Å². The number of nitrogens with zero attached hydrogens (tertiary/aromatic N) is 1. The van der Waals surface area contributed by atoms with Crippen LogP contribution in [0.5, 0.6) is 11.5 Å². The number of rotatable bonds is 3. The lowest BCUT2D eigenvalue weighted by atomic mass is 10.1. The van der Waals surface area contributed by atoms with Crippen molar-refractivity contribution in [2.45, 2.75) is 13.8 Å². The zero-order valence-corrected chi connectivity index (χ0v) is 11.9. The van der Waals surface area contributed by atoms with Crippen molar-refractivity contribution < 1.29 is 9.53 Å². The summed E-state index contributed by atoms with van der Waals surface area (Å²) >= 11 is 5.04. The zero-order valence-electron chi connectivity index (χ0n) is 11.1. The number of aromatic nitrogens is 1. The van der Waals surface area contributed by atoms with Crippen LogP contribution >= 0.6 is 12.2 Å². The monoisotopic (exact) mass is 284 g/mol. The molecule has 1 aromatic heterocycles. The maximum atomic E-state index is 11.3. The van der Waals surface area contributed by atoms with Gasteiger partial charge in [-0.05, 0) is 43.7 Å². The standard InChI is InChI=1S/C15H12N2O2S/c1-9-7-11(10(2)18)3-4-13(9)19-14-5-6-17-15(20)12(14)8-16/h3-7H,1-2H3,(H,17,20). The number of carbonyl (C=O) groups excluding carboxylic acids is 1. The minimum Gasteiger partial charge on any atom is -0.456 e. The smallest absolute Gasteiger partial charge is 0.159 e. The molecular formula is C15H12N2O2S. The molecule has 0 aliphatic heterocycles. The van der Waals surface area contributed by atoms with E-state index >= 15 is 0 Å². The number of benzene rings is 1. The Hall–Kier alpha value is -2.45. The summed E-state index contributed by atoms with van der Waals surface area (Å²) in [5.74, 6) is 0.988. The quantitative estimate of drug-likeness (QED) is 0.685. The van der Waals surface area contributed by atoms with Crippen LogP contribution in [0.3, 0.4) is 0 Å². The number of H-pyrrole nitrogens is 1. The second kappa shape index (κ2) is 5.68. The molecule has 20 heavy (non-hydrogen) atoms. The van der Waals surface area contributed by atoms with E-state index in [9.17, 15) is 4.79 Å². The number of pyridine rings is 1. The van der Waals surface area contributed by atoms with Crippen molar-refractivity contribution >= 4 is 18.0 Å². The average Bonchev–Trinajstić information content (AvgIpc) is 2.41. The molecule has 0 saturated heterocycles. The third-order valence-corrected chi connectivity index (χ3v) is 3.16. The van der Waals surface area contributed by atoms with Crippen molar-refractivity contribution in [3.63, 3.8) is 0 Å². The van der Waals surface area contributed by atoms with Gasteiger partial charge < -0.3 is 9.72 Å². The maximum Gasteiger partial charge on any atom is 0.159 e. The van der Waals surface area contributed by atoms with Gasteiger partial charge in [-0.2, -0.15) is 5.26 Å². The van der Waals surface area contributed by atoms with E-state index in [0.717, 1.165) is 5.56 Å². The van der Waals surface area contributed by atoms with Gasteiger partial charge >= 0.3 is 0 Å². The third kappa shape index (κ3) is 2.76. The molecule has 1 heterocycles.